The van der Waals surface area contributed by atoms with Gasteiger partial charge in [-0.05, 0) is 31.0 Å². The number of fused-ring (bicyclic) bond motifs is 5. The van der Waals surface area contributed by atoms with E-state index in [9.17, 15) is 9.59 Å². The van der Waals surface area contributed by atoms with Crippen LogP contribution in [0.2, 0.25) is 0 Å². The Morgan fingerprint density at radius 3 is 2.62 bits per heavy atom. The fraction of sp³-hybridized carbons (Fsp3) is 0.364. The third-order valence-corrected chi connectivity index (χ3v) is 6.21. The SMILES string of the molecule is CN1C(=O)C2(COc3cc4c(cc32)OCCO4)c2c(C(=O)NC3CC3)cccc21. The van der Waals surface area contributed by atoms with Crippen LogP contribution in [0.4, 0.5) is 5.69 Å². The maximum Gasteiger partial charge on any atom is 0.251 e. The zero-order chi connectivity index (χ0) is 19.8. The van der Waals surface area contributed by atoms with Gasteiger partial charge in [0.25, 0.3) is 5.91 Å². The summed E-state index contributed by atoms with van der Waals surface area (Å²) in [4.78, 5) is 28.2. The molecule has 148 valence electrons. The number of likely N-dealkylation sites (N-methyl/N-ethyl adjacent to an activating group) is 1. The van der Waals surface area contributed by atoms with Crippen LogP contribution in [0.15, 0.2) is 30.3 Å². The minimum Gasteiger partial charge on any atom is -0.491 e. The number of rotatable bonds is 2. The van der Waals surface area contributed by atoms with Crippen molar-refractivity contribution in [2.24, 2.45) is 0 Å². The molecule has 3 heterocycles. The van der Waals surface area contributed by atoms with Gasteiger partial charge in [0.2, 0.25) is 5.91 Å². The maximum atomic E-state index is 13.6. The number of anilines is 1. The lowest BCUT2D eigenvalue weighted by Gasteiger charge is -2.25. The molecule has 3 aliphatic heterocycles. The molecule has 2 aromatic carbocycles. The van der Waals surface area contributed by atoms with E-state index in [1.165, 1.54) is 0 Å². The van der Waals surface area contributed by atoms with Crippen LogP contribution in [0.25, 0.3) is 0 Å². The number of ether oxygens (including phenoxy) is 3. The van der Waals surface area contributed by atoms with E-state index >= 15 is 0 Å². The van der Waals surface area contributed by atoms with E-state index in [1.807, 2.05) is 18.2 Å². The molecule has 29 heavy (non-hydrogen) atoms. The molecule has 1 saturated carbocycles. The summed E-state index contributed by atoms with van der Waals surface area (Å²) in [6, 6.07) is 9.36. The van der Waals surface area contributed by atoms with Gasteiger partial charge in [-0.3, -0.25) is 9.59 Å². The Bertz CT molecular complexity index is 1080. The molecule has 7 nitrogen and oxygen atoms in total. The van der Waals surface area contributed by atoms with Crippen molar-refractivity contribution in [1.29, 1.82) is 0 Å². The lowest BCUT2D eigenvalue weighted by atomic mass is 9.75. The summed E-state index contributed by atoms with van der Waals surface area (Å²) in [5.41, 5.74) is 1.64. The first-order chi connectivity index (χ1) is 14.1. The molecule has 2 aromatic rings. The quantitative estimate of drug-likeness (QED) is 0.846. The zero-order valence-electron chi connectivity index (χ0n) is 16.0. The minimum atomic E-state index is -1.06. The van der Waals surface area contributed by atoms with Crippen molar-refractivity contribution in [3.8, 4) is 17.2 Å². The molecule has 0 aromatic heterocycles. The minimum absolute atomic E-state index is 0.102. The number of amides is 2. The Morgan fingerprint density at radius 1 is 1.10 bits per heavy atom. The summed E-state index contributed by atoms with van der Waals surface area (Å²) < 4.78 is 17.4. The molecule has 0 radical (unpaired) electrons. The number of carbonyl (C=O) groups excluding carboxylic acids is 2. The van der Waals surface area contributed by atoms with E-state index in [0.29, 0.717) is 41.6 Å². The van der Waals surface area contributed by atoms with Gasteiger partial charge in [0.05, 0.1) is 0 Å². The van der Waals surface area contributed by atoms with Crippen LogP contribution in [0.5, 0.6) is 17.2 Å². The molecule has 1 fully saturated rings. The molecule has 1 aliphatic carbocycles. The fourth-order valence-corrected chi connectivity index (χ4v) is 4.62. The molecule has 1 N–H and O–H groups in total. The van der Waals surface area contributed by atoms with E-state index in [2.05, 4.69) is 5.32 Å². The van der Waals surface area contributed by atoms with Gasteiger partial charge in [-0.25, -0.2) is 0 Å². The monoisotopic (exact) mass is 392 g/mol. The molecule has 0 bridgehead atoms. The average Bonchev–Trinajstić information content (AvgIpc) is 3.44. The van der Waals surface area contributed by atoms with Gasteiger partial charge in [-0.15, -0.1) is 0 Å². The number of hydrogen-bond acceptors (Lipinski definition) is 5. The van der Waals surface area contributed by atoms with Gasteiger partial charge < -0.3 is 24.4 Å². The smallest absolute Gasteiger partial charge is 0.251 e. The normalized spacial score (nSPS) is 23.6. The third kappa shape index (κ3) is 2.18. The zero-order valence-corrected chi connectivity index (χ0v) is 16.0. The van der Waals surface area contributed by atoms with Crippen molar-refractivity contribution in [2.45, 2.75) is 24.3 Å². The summed E-state index contributed by atoms with van der Waals surface area (Å²) in [7, 11) is 1.74. The molecule has 6 rings (SSSR count). The average molecular weight is 392 g/mol. The second-order valence-electron chi connectivity index (χ2n) is 8.00. The van der Waals surface area contributed by atoms with Gasteiger partial charge >= 0.3 is 0 Å². The third-order valence-electron chi connectivity index (χ3n) is 6.21. The topological polar surface area (TPSA) is 77.1 Å². The Kier molecular flexibility index (Phi) is 3.26. The second-order valence-corrected chi connectivity index (χ2v) is 8.00. The van der Waals surface area contributed by atoms with E-state index in [4.69, 9.17) is 14.2 Å². The van der Waals surface area contributed by atoms with E-state index in [-0.39, 0.29) is 24.5 Å². The number of hydrogen-bond donors (Lipinski definition) is 1. The Hall–Kier alpha value is -3.22. The van der Waals surface area contributed by atoms with E-state index < -0.39 is 5.41 Å². The molecule has 0 saturated heterocycles. The molecule has 1 spiro atoms. The number of nitrogens with one attached hydrogen (secondary N) is 1. The van der Waals surface area contributed by atoms with E-state index in [1.54, 1.807) is 24.1 Å². The Balaban J connectivity index is 1.56. The van der Waals surface area contributed by atoms with Crippen molar-refractivity contribution in [3.05, 3.63) is 47.0 Å². The van der Waals surface area contributed by atoms with Crippen LogP contribution in [0.3, 0.4) is 0 Å². The summed E-state index contributed by atoms with van der Waals surface area (Å²) in [5.74, 6) is 1.57. The van der Waals surface area contributed by atoms with Crippen LogP contribution in [-0.2, 0) is 10.2 Å². The summed E-state index contributed by atoms with van der Waals surface area (Å²) in [6.07, 6.45) is 2.00. The standard InChI is InChI=1S/C22H20N2O5/c1-24-15-4-2-3-13(20(25)23-12-5-6-12)19(15)22(21(24)26)11-29-16-10-18-17(9-14(16)22)27-7-8-28-18/h2-4,9-10,12H,5-8,11H2,1H3,(H,23,25). The predicted molar refractivity (Wildman–Crippen MR) is 104 cm³/mol. The van der Waals surface area contributed by atoms with Crippen LogP contribution >= 0.6 is 0 Å². The first-order valence-electron chi connectivity index (χ1n) is 9.89. The molecular formula is C22H20N2O5. The highest BCUT2D eigenvalue weighted by Crippen LogP contribution is 2.55. The molecule has 2 amide bonds. The molecule has 1 atom stereocenters. The van der Waals surface area contributed by atoms with Crippen molar-refractivity contribution in [2.75, 3.05) is 31.8 Å². The molecule has 7 heteroatoms. The van der Waals surface area contributed by atoms with Crippen LogP contribution < -0.4 is 24.4 Å². The summed E-state index contributed by atoms with van der Waals surface area (Å²) >= 11 is 0. The Labute approximate surface area is 167 Å². The fourth-order valence-electron chi connectivity index (χ4n) is 4.62. The van der Waals surface area contributed by atoms with Gasteiger partial charge in [0.15, 0.2) is 11.5 Å². The maximum absolute atomic E-state index is 13.6. The highest BCUT2D eigenvalue weighted by molar-refractivity contribution is 6.14. The number of carbonyl (C=O) groups is 2. The predicted octanol–water partition coefficient (Wildman–Crippen LogP) is 2.00. The summed E-state index contributed by atoms with van der Waals surface area (Å²) in [6.45, 7) is 1.08. The van der Waals surface area contributed by atoms with Crippen molar-refractivity contribution < 1.29 is 23.8 Å². The van der Waals surface area contributed by atoms with Gasteiger partial charge in [-0.1, -0.05) is 6.07 Å². The first-order valence-corrected chi connectivity index (χ1v) is 9.89. The lowest BCUT2D eigenvalue weighted by molar-refractivity contribution is -0.121. The molecule has 4 aliphatic rings. The number of nitrogens with zero attached hydrogens (tertiary/aromatic N) is 1. The van der Waals surface area contributed by atoms with Gasteiger partial charge in [0, 0.05) is 41.5 Å². The van der Waals surface area contributed by atoms with E-state index in [0.717, 1.165) is 24.1 Å². The van der Waals surface area contributed by atoms with Gasteiger partial charge in [-0.2, -0.15) is 0 Å². The van der Waals surface area contributed by atoms with Crippen LogP contribution in [0.1, 0.15) is 34.3 Å². The van der Waals surface area contributed by atoms with Crippen LogP contribution in [0, 0.1) is 0 Å². The van der Waals surface area contributed by atoms with Crippen LogP contribution in [-0.4, -0.2) is 44.7 Å². The van der Waals surface area contributed by atoms with Gasteiger partial charge in [0.1, 0.15) is 31.0 Å². The van der Waals surface area contributed by atoms with Crippen molar-refractivity contribution in [3.63, 3.8) is 0 Å². The van der Waals surface area contributed by atoms with Crippen molar-refractivity contribution >= 4 is 17.5 Å². The summed E-state index contributed by atoms with van der Waals surface area (Å²) in [5, 5.41) is 3.06. The molecular weight excluding hydrogens is 372 g/mol. The first kappa shape index (κ1) is 16.7. The second kappa shape index (κ2) is 5.65. The largest absolute Gasteiger partial charge is 0.491 e. The highest BCUT2D eigenvalue weighted by atomic mass is 16.6. The highest BCUT2D eigenvalue weighted by Gasteiger charge is 2.58. The molecule has 1 unspecified atom stereocenters. The lowest BCUT2D eigenvalue weighted by Crippen LogP contribution is -2.42. The number of benzene rings is 2. The Morgan fingerprint density at radius 2 is 1.86 bits per heavy atom. The van der Waals surface area contributed by atoms with Crippen molar-refractivity contribution in [1.82, 2.24) is 5.32 Å².